The molecule has 1 N–H and O–H groups in total. The number of fused-ring (bicyclic) bond motifs is 1. The van der Waals surface area contributed by atoms with E-state index in [1.165, 1.54) is 24.1 Å². The van der Waals surface area contributed by atoms with Gasteiger partial charge < -0.3 is 5.32 Å². The Kier molecular flexibility index (Phi) is 2.05. The largest absolute Gasteiger partial charge is 0.307 e. The van der Waals surface area contributed by atoms with E-state index >= 15 is 0 Å². The van der Waals surface area contributed by atoms with E-state index in [1.54, 1.807) is 4.68 Å². The summed E-state index contributed by atoms with van der Waals surface area (Å²) in [6.07, 6.45) is 4.47. The molecule has 0 aromatic carbocycles. The van der Waals surface area contributed by atoms with Crippen molar-refractivity contribution in [1.29, 1.82) is 0 Å². The smallest absolute Gasteiger partial charge is 0.180 e. The van der Waals surface area contributed by atoms with Gasteiger partial charge in [0.2, 0.25) is 0 Å². The maximum absolute atomic E-state index is 4.76. The number of aryl methyl sites for hydroxylation is 1. The Labute approximate surface area is 105 Å². The van der Waals surface area contributed by atoms with Crippen LogP contribution in [0.15, 0.2) is 12.3 Å². The van der Waals surface area contributed by atoms with Crippen LogP contribution in [0.2, 0.25) is 0 Å². The van der Waals surface area contributed by atoms with Crippen LogP contribution in [-0.4, -0.2) is 19.7 Å². The molecule has 2 aliphatic rings. The second kappa shape index (κ2) is 3.62. The maximum Gasteiger partial charge on any atom is 0.180 e. The van der Waals surface area contributed by atoms with Crippen LogP contribution in [0.25, 0.3) is 11.5 Å². The lowest BCUT2D eigenvalue weighted by Gasteiger charge is -2.07. The third kappa shape index (κ3) is 1.54. The summed E-state index contributed by atoms with van der Waals surface area (Å²) in [5, 5.41) is 7.77. The number of aromatic nitrogens is 4. The Hall–Kier alpha value is -1.75. The van der Waals surface area contributed by atoms with Crippen molar-refractivity contribution in [3.05, 3.63) is 29.2 Å². The highest BCUT2D eigenvalue weighted by Gasteiger charge is 2.31. The normalized spacial score (nSPS) is 18.1. The van der Waals surface area contributed by atoms with Gasteiger partial charge in [-0.15, -0.1) is 0 Å². The molecular weight excluding hydrogens is 226 g/mol. The highest BCUT2D eigenvalue weighted by Crippen LogP contribution is 2.42. The van der Waals surface area contributed by atoms with Gasteiger partial charge in [0.25, 0.3) is 0 Å². The van der Waals surface area contributed by atoms with Crippen LogP contribution in [0, 0.1) is 0 Å². The van der Waals surface area contributed by atoms with Gasteiger partial charge in [-0.1, -0.05) is 0 Å². The van der Waals surface area contributed by atoms with Gasteiger partial charge in [0.05, 0.1) is 11.4 Å². The lowest BCUT2D eigenvalue weighted by atomic mass is 10.1. The average Bonchev–Trinajstić information content (AvgIpc) is 2.94. The van der Waals surface area contributed by atoms with Crippen LogP contribution >= 0.6 is 0 Å². The molecule has 5 heteroatoms. The van der Waals surface area contributed by atoms with Gasteiger partial charge in [-0.25, -0.2) is 9.97 Å². The molecule has 2 aromatic rings. The van der Waals surface area contributed by atoms with E-state index < -0.39 is 0 Å². The first kappa shape index (κ1) is 10.2. The lowest BCUT2D eigenvalue weighted by Crippen LogP contribution is -2.03. The van der Waals surface area contributed by atoms with Gasteiger partial charge >= 0.3 is 0 Å². The fourth-order valence-electron chi connectivity index (χ4n) is 2.54. The zero-order chi connectivity index (χ0) is 12.1. The van der Waals surface area contributed by atoms with E-state index in [4.69, 9.17) is 4.98 Å². The number of hydrogen-bond donors (Lipinski definition) is 1. The summed E-state index contributed by atoms with van der Waals surface area (Å²) in [7, 11) is 1.92. The number of nitrogens with zero attached hydrogens (tertiary/aromatic N) is 4. The zero-order valence-corrected chi connectivity index (χ0v) is 10.3. The predicted octanol–water partition coefficient (Wildman–Crippen LogP) is 1.36. The molecule has 1 aliphatic carbocycles. The molecule has 3 heterocycles. The van der Waals surface area contributed by atoms with E-state index in [0.717, 1.165) is 30.3 Å². The Morgan fingerprint density at radius 2 is 2.17 bits per heavy atom. The molecule has 0 bridgehead atoms. The maximum atomic E-state index is 4.76. The SMILES string of the molecule is Cn1ccc(-c2nc3c(c(C4CC4)n2)CNC3)n1. The summed E-state index contributed by atoms with van der Waals surface area (Å²) in [6.45, 7) is 1.78. The molecule has 0 saturated heterocycles. The van der Waals surface area contributed by atoms with Crippen LogP contribution in [0.1, 0.15) is 35.7 Å². The zero-order valence-electron chi connectivity index (χ0n) is 10.3. The predicted molar refractivity (Wildman–Crippen MR) is 66.8 cm³/mol. The van der Waals surface area contributed by atoms with Crippen molar-refractivity contribution in [2.45, 2.75) is 31.8 Å². The van der Waals surface area contributed by atoms with Crippen molar-refractivity contribution in [3.8, 4) is 11.5 Å². The molecule has 0 radical (unpaired) electrons. The first-order valence-electron chi connectivity index (χ1n) is 6.41. The molecule has 92 valence electrons. The molecular formula is C13H15N5. The van der Waals surface area contributed by atoms with Crippen molar-refractivity contribution in [1.82, 2.24) is 25.1 Å². The highest BCUT2D eigenvalue weighted by molar-refractivity contribution is 5.51. The summed E-state index contributed by atoms with van der Waals surface area (Å²) in [5.41, 5.74) is 4.62. The monoisotopic (exact) mass is 241 g/mol. The third-order valence-corrected chi connectivity index (χ3v) is 3.63. The molecule has 5 nitrogen and oxygen atoms in total. The molecule has 0 unspecified atom stereocenters. The molecule has 1 aliphatic heterocycles. The Morgan fingerprint density at radius 3 is 2.89 bits per heavy atom. The van der Waals surface area contributed by atoms with Crippen LogP contribution in [0.5, 0.6) is 0 Å². The minimum atomic E-state index is 0.657. The first-order valence-corrected chi connectivity index (χ1v) is 6.41. The second-order valence-electron chi connectivity index (χ2n) is 5.11. The summed E-state index contributed by atoms with van der Waals surface area (Å²) in [6, 6.07) is 1.97. The highest BCUT2D eigenvalue weighted by atomic mass is 15.3. The molecule has 4 rings (SSSR count). The Morgan fingerprint density at radius 1 is 1.28 bits per heavy atom. The molecule has 1 fully saturated rings. The average molecular weight is 241 g/mol. The van der Waals surface area contributed by atoms with Gasteiger partial charge in [0.15, 0.2) is 5.82 Å². The standard InChI is InChI=1S/C13H15N5/c1-18-5-4-10(17-18)13-15-11-7-14-6-9(11)12(16-13)8-2-3-8/h4-5,8,14H,2-3,6-7H2,1H3. The topological polar surface area (TPSA) is 55.6 Å². The number of hydrogen-bond acceptors (Lipinski definition) is 4. The Balaban J connectivity index is 1.87. The molecule has 0 amide bonds. The third-order valence-electron chi connectivity index (χ3n) is 3.63. The number of nitrogens with one attached hydrogen (secondary N) is 1. The van der Waals surface area contributed by atoms with E-state index in [1.807, 2.05) is 19.3 Å². The quantitative estimate of drug-likeness (QED) is 0.862. The lowest BCUT2D eigenvalue weighted by molar-refractivity contribution is 0.755. The van der Waals surface area contributed by atoms with E-state index in [0.29, 0.717) is 5.92 Å². The summed E-state index contributed by atoms with van der Waals surface area (Å²) < 4.78 is 1.79. The molecule has 0 spiro atoms. The van der Waals surface area contributed by atoms with Crippen molar-refractivity contribution in [2.75, 3.05) is 0 Å². The van der Waals surface area contributed by atoms with Crippen molar-refractivity contribution in [2.24, 2.45) is 7.05 Å². The van der Waals surface area contributed by atoms with Crippen LogP contribution in [-0.2, 0) is 20.1 Å². The van der Waals surface area contributed by atoms with E-state index in [-0.39, 0.29) is 0 Å². The van der Waals surface area contributed by atoms with Crippen LogP contribution in [0.4, 0.5) is 0 Å². The molecule has 2 aromatic heterocycles. The number of rotatable bonds is 2. The van der Waals surface area contributed by atoms with Crippen molar-refractivity contribution >= 4 is 0 Å². The van der Waals surface area contributed by atoms with Gasteiger partial charge in [-0.3, -0.25) is 4.68 Å². The molecule has 0 atom stereocenters. The second-order valence-corrected chi connectivity index (χ2v) is 5.11. The summed E-state index contributed by atoms with van der Waals surface area (Å²) >= 11 is 0. The Bertz CT molecular complexity index is 612. The fourth-order valence-corrected chi connectivity index (χ4v) is 2.54. The summed E-state index contributed by atoms with van der Waals surface area (Å²) in [4.78, 5) is 9.42. The minimum absolute atomic E-state index is 0.657. The van der Waals surface area contributed by atoms with Crippen molar-refractivity contribution in [3.63, 3.8) is 0 Å². The van der Waals surface area contributed by atoms with Gasteiger partial charge in [-0.05, 0) is 18.9 Å². The molecule has 18 heavy (non-hydrogen) atoms. The minimum Gasteiger partial charge on any atom is -0.307 e. The van der Waals surface area contributed by atoms with Gasteiger partial charge in [0, 0.05) is 37.8 Å². The summed E-state index contributed by atoms with van der Waals surface area (Å²) in [5.74, 6) is 1.43. The van der Waals surface area contributed by atoms with Crippen LogP contribution < -0.4 is 5.32 Å². The first-order chi connectivity index (χ1) is 8.81. The van der Waals surface area contributed by atoms with Gasteiger partial charge in [0.1, 0.15) is 5.69 Å². The van der Waals surface area contributed by atoms with E-state index in [9.17, 15) is 0 Å². The molecule has 1 saturated carbocycles. The van der Waals surface area contributed by atoms with Gasteiger partial charge in [-0.2, -0.15) is 5.10 Å². The van der Waals surface area contributed by atoms with Crippen molar-refractivity contribution < 1.29 is 0 Å². The van der Waals surface area contributed by atoms with Crippen LogP contribution in [0.3, 0.4) is 0 Å². The fraction of sp³-hybridized carbons (Fsp3) is 0.462. The van der Waals surface area contributed by atoms with E-state index in [2.05, 4.69) is 15.4 Å².